The normalized spacial score (nSPS) is 17.0. The molecule has 1 aliphatic rings. The summed E-state index contributed by atoms with van der Waals surface area (Å²) in [5.74, 6) is 3.69. The van der Waals surface area contributed by atoms with Crippen LogP contribution in [0.2, 0.25) is 0 Å². The van der Waals surface area contributed by atoms with Crippen molar-refractivity contribution in [2.45, 2.75) is 123 Å². The number of ether oxygens (including phenoxy) is 1. The third-order valence-electron chi connectivity index (χ3n) is 9.06. The summed E-state index contributed by atoms with van der Waals surface area (Å²) >= 11 is 0. The molecule has 1 saturated carbocycles. The Labute approximate surface area is 250 Å². The number of aryl methyl sites for hydroxylation is 1. The van der Waals surface area contributed by atoms with Crippen LogP contribution in [0.25, 0.3) is 22.5 Å². The van der Waals surface area contributed by atoms with Gasteiger partial charge in [-0.2, -0.15) is 0 Å². The van der Waals surface area contributed by atoms with Crippen molar-refractivity contribution in [2.75, 3.05) is 6.61 Å². The molecule has 0 radical (unpaired) electrons. The predicted octanol–water partition coefficient (Wildman–Crippen LogP) is 11.3. The molecule has 0 spiro atoms. The van der Waals surface area contributed by atoms with Gasteiger partial charge in [-0.25, -0.2) is 9.97 Å². The van der Waals surface area contributed by atoms with E-state index in [2.05, 4.69) is 72.3 Å². The summed E-state index contributed by atoms with van der Waals surface area (Å²) in [6.07, 6.45) is 26.9. The lowest BCUT2D eigenvalue weighted by molar-refractivity contribution is 0.228. The van der Waals surface area contributed by atoms with Gasteiger partial charge in [-0.15, -0.1) is 0 Å². The van der Waals surface area contributed by atoms with Crippen molar-refractivity contribution >= 4 is 0 Å². The van der Waals surface area contributed by atoms with Crippen LogP contribution in [-0.2, 0) is 6.42 Å². The second-order valence-corrected chi connectivity index (χ2v) is 12.4. The molecule has 3 heteroatoms. The molecule has 0 unspecified atom stereocenters. The molecule has 3 nitrogen and oxygen atoms in total. The first-order chi connectivity index (χ1) is 20.2. The molecule has 41 heavy (non-hydrogen) atoms. The summed E-state index contributed by atoms with van der Waals surface area (Å²) in [5.41, 5.74) is 4.70. The Balaban J connectivity index is 1.15. The van der Waals surface area contributed by atoms with Gasteiger partial charge in [-0.1, -0.05) is 134 Å². The number of nitrogens with zero attached hydrogens (tertiary/aromatic N) is 2. The fourth-order valence-electron chi connectivity index (χ4n) is 6.35. The van der Waals surface area contributed by atoms with E-state index in [1.165, 1.54) is 113 Å². The maximum atomic E-state index is 6.09. The molecule has 1 aliphatic carbocycles. The molecule has 1 heterocycles. The minimum Gasteiger partial charge on any atom is -0.494 e. The zero-order chi connectivity index (χ0) is 28.5. The second kappa shape index (κ2) is 18.0. The zero-order valence-electron chi connectivity index (χ0n) is 26.0. The molecular weight excluding hydrogens is 500 g/mol. The molecule has 1 fully saturated rings. The van der Waals surface area contributed by atoms with E-state index < -0.39 is 0 Å². The number of benzene rings is 2. The first-order valence-corrected chi connectivity index (χ1v) is 16.9. The summed E-state index contributed by atoms with van der Waals surface area (Å²) in [7, 11) is 0. The van der Waals surface area contributed by atoms with Crippen LogP contribution >= 0.6 is 0 Å². The highest BCUT2D eigenvalue weighted by Crippen LogP contribution is 2.34. The van der Waals surface area contributed by atoms with Crippen LogP contribution in [0.5, 0.6) is 5.75 Å². The van der Waals surface area contributed by atoms with E-state index in [1.807, 2.05) is 12.4 Å². The summed E-state index contributed by atoms with van der Waals surface area (Å²) < 4.78 is 6.09. The summed E-state index contributed by atoms with van der Waals surface area (Å²) in [5, 5.41) is 0. The number of hydrogen-bond acceptors (Lipinski definition) is 3. The fourth-order valence-corrected chi connectivity index (χ4v) is 6.35. The van der Waals surface area contributed by atoms with E-state index in [9.17, 15) is 0 Å². The fraction of sp³-hybridized carbons (Fsp3) is 0.579. The van der Waals surface area contributed by atoms with E-state index >= 15 is 0 Å². The van der Waals surface area contributed by atoms with E-state index in [0.717, 1.165) is 48.4 Å². The third kappa shape index (κ3) is 10.9. The van der Waals surface area contributed by atoms with Crippen molar-refractivity contribution in [3.63, 3.8) is 0 Å². The molecular formula is C38H54N2O. The summed E-state index contributed by atoms with van der Waals surface area (Å²) in [6.45, 7) is 5.39. The van der Waals surface area contributed by atoms with Gasteiger partial charge >= 0.3 is 0 Å². The third-order valence-corrected chi connectivity index (χ3v) is 9.06. The first kappa shape index (κ1) is 31.3. The highest BCUT2D eigenvalue weighted by Gasteiger charge is 2.20. The molecule has 0 amide bonds. The maximum absolute atomic E-state index is 6.09. The highest BCUT2D eigenvalue weighted by molar-refractivity contribution is 5.68. The van der Waals surface area contributed by atoms with E-state index in [1.54, 1.807) is 0 Å². The Morgan fingerprint density at radius 2 is 1.10 bits per heavy atom. The zero-order valence-corrected chi connectivity index (χ0v) is 26.0. The van der Waals surface area contributed by atoms with Crippen LogP contribution in [-0.4, -0.2) is 16.6 Å². The molecule has 3 aromatic rings. The quantitative estimate of drug-likeness (QED) is 0.147. The SMILES string of the molecule is CCCCCCCCc1cnc(-c2ccc(-c3ccc(OCCC[C@H]4CC[C@H](CCCCC)CC4)cc3)cc2)nc1. The Bertz CT molecular complexity index is 1080. The number of rotatable bonds is 18. The van der Waals surface area contributed by atoms with Crippen molar-refractivity contribution in [1.29, 1.82) is 0 Å². The van der Waals surface area contributed by atoms with Gasteiger partial charge in [0.25, 0.3) is 0 Å². The van der Waals surface area contributed by atoms with Crippen molar-refractivity contribution < 1.29 is 4.74 Å². The second-order valence-electron chi connectivity index (χ2n) is 12.4. The van der Waals surface area contributed by atoms with Crippen molar-refractivity contribution in [3.05, 3.63) is 66.5 Å². The minimum atomic E-state index is 0.798. The summed E-state index contributed by atoms with van der Waals surface area (Å²) in [6, 6.07) is 17.1. The van der Waals surface area contributed by atoms with E-state index in [4.69, 9.17) is 4.74 Å². The molecule has 0 bridgehead atoms. The minimum absolute atomic E-state index is 0.798. The Morgan fingerprint density at radius 1 is 0.585 bits per heavy atom. The largest absolute Gasteiger partial charge is 0.494 e. The van der Waals surface area contributed by atoms with Crippen LogP contribution in [0, 0.1) is 11.8 Å². The van der Waals surface area contributed by atoms with Gasteiger partial charge in [-0.3, -0.25) is 0 Å². The molecule has 0 saturated heterocycles. The lowest BCUT2D eigenvalue weighted by Gasteiger charge is -2.28. The molecule has 222 valence electrons. The van der Waals surface area contributed by atoms with Crippen LogP contribution in [0.15, 0.2) is 60.9 Å². The average Bonchev–Trinajstić information content (AvgIpc) is 3.03. The van der Waals surface area contributed by atoms with Gasteiger partial charge < -0.3 is 4.74 Å². The standard InChI is InChI=1S/C38H54N2O/c1-3-5-7-8-9-11-14-33-29-39-38(40-30-33)36-22-20-34(21-23-36)35-24-26-37(27-25-35)41-28-12-15-32-18-16-31(17-19-32)13-10-6-4-2/h20-27,29-32H,3-19,28H2,1-2H3/t31-,32-. The van der Waals surface area contributed by atoms with Gasteiger partial charge in [-0.05, 0) is 66.3 Å². The Kier molecular flexibility index (Phi) is 13.7. The molecule has 2 aromatic carbocycles. The van der Waals surface area contributed by atoms with E-state index in [-0.39, 0.29) is 0 Å². The van der Waals surface area contributed by atoms with Crippen LogP contribution in [0.1, 0.15) is 122 Å². The topological polar surface area (TPSA) is 35.0 Å². The number of unbranched alkanes of at least 4 members (excludes halogenated alkanes) is 7. The molecule has 0 aliphatic heterocycles. The van der Waals surface area contributed by atoms with Crippen LogP contribution in [0.4, 0.5) is 0 Å². The Morgan fingerprint density at radius 3 is 1.73 bits per heavy atom. The maximum Gasteiger partial charge on any atom is 0.159 e. The van der Waals surface area contributed by atoms with Gasteiger partial charge in [0.2, 0.25) is 0 Å². The smallest absolute Gasteiger partial charge is 0.159 e. The predicted molar refractivity (Wildman–Crippen MR) is 174 cm³/mol. The Hall–Kier alpha value is -2.68. The van der Waals surface area contributed by atoms with Gasteiger partial charge in [0.05, 0.1) is 6.61 Å². The van der Waals surface area contributed by atoms with Crippen molar-refractivity contribution in [1.82, 2.24) is 9.97 Å². The van der Waals surface area contributed by atoms with Crippen molar-refractivity contribution in [3.8, 4) is 28.3 Å². The number of aromatic nitrogens is 2. The van der Waals surface area contributed by atoms with Crippen LogP contribution < -0.4 is 4.74 Å². The molecule has 0 atom stereocenters. The summed E-state index contributed by atoms with van der Waals surface area (Å²) in [4.78, 5) is 9.29. The highest BCUT2D eigenvalue weighted by atomic mass is 16.5. The molecule has 1 aromatic heterocycles. The van der Waals surface area contributed by atoms with Gasteiger partial charge in [0.1, 0.15) is 5.75 Å². The molecule has 4 rings (SSSR count). The average molecular weight is 555 g/mol. The van der Waals surface area contributed by atoms with Gasteiger partial charge in [0, 0.05) is 18.0 Å². The monoisotopic (exact) mass is 554 g/mol. The van der Waals surface area contributed by atoms with Crippen LogP contribution in [0.3, 0.4) is 0 Å². The lowest BCUT2D eigenvalue weighted by Crippen LogP contribution is -2.15. The number of hydrogen-bond donors (Lipinski definition) is 0. The van der Waals surface area contributed by atoms with Crippen molar-refractivity contribution in [2.24, 2.45) is 11.8 Å². The lowest BCUT2D eigenvalue weighted by atomic mass is 9.78. The van der Waals surface area contributed by atoms with Gasteiger partial charge in [0.15, 0.2) is 5.82 Å². The first-order valence-electron chi connectivity index (χ1n) is 16.9. The van der Waals surface area contributed by atoms with E-state index in [0.29, 0.717) is 0 Å². The molecule has 0 N–H and O–H groups in total.